The average molecular weight is 378 g/mol. The molecule has 28 heavy (non-hydrogen) atoms. The molecule has 1 aliphatic rings. The van der Waals surface area contributed by atoms with Crippen LogP contribution in [0.3, 0.4) is 0 Å². The number of aromatic nitrogens is 2. The molecule has 1 fully saturated rings. The maximum Gasteiger partial charge on any atom is 0.254 e. The Hall–Kier alpha value is -3.19. The molecule has 1 aromatic heterocycles. The van der Waals surface area contributed by atoms with Gasteiger partial charge in [0.05, 0.1) is 11.7 Å². The number of aliphatic hydroxyl groups is 1. The molecule has 2 aromatic carbocycles. The van der Waals surface area contributed by atoms with Crippen LogP contribution in [-0.4, -0.2) is 57.3 Å². The van der Waals surface area contributed by atoms with Crippen LogP contribution in [0.1, 0.15) is 16.8 Å². The summed E-state index contributed by atoms with van der Waals surface area (Å²) >= 11 is 0. The summed E-state index contributed by atoms with van der Waals surface area (Å²) in [4.78, 5) is 26.5. The molecule has 7 heteroatoms. The van der Waals surface area contributed by atoms with Crippen molar-refractivity contribution in [1.29, 1.82) is 0 Å². The summed E-state index contributed by atoms with van der Waals surface area (Å²) < 4.78 is 1.83. The zero-order valence-corrected chi connectivity index (χ0v) is 15.6. The Labute approximate surface area is 162 Å². The number of carbonyl (C=O) groups excluding carboxylic acids is 2. The Morgan fingerprint density at radius 2 is 1.96 bits per heavy atom. The number of hydrogen-bond acceptors (Lipinski definition) is 4. The molecule has 0 saturated carbocycles. The second-order valence-electron chi connectivity index (χ2n) is 6.94. The molecule has 0 spiro atoms. The van der Waals surface area contributed by atoms with E-state index in [4.69, 9.17) is 0 Å². The lowest BCUT2D eigenvalue weighted by Gasteiger charge is -2.34. The number of rotatable bonds is 4. The molecule has 2 amide bonds. The highest BCUT2D eigenvalue weighted by Crippen LogP contribution is 2.25. The van der Waals surface area contributed by atoms with Crippen molar-refractivity contribution >= 4 is 22.7 Å². The van der Waals surface area contributed by atoms with E-state index in [1.165, 1.54) is 0 Å². The Balaban J connectivity index is 1.57. The molecule has 0 bridgehead atoms. The molecular formula is C21H22N4O3. The van der Waals surface area contributed by atoms with Gasteiger partial charge in [0.1, 0.15) is 6.04 Å². The van der Waals surface area contributed by atoms with E-state index < -0.39 is 6.04 Å². The van der Waals surface area contributed by atoms with E-state index in [-0.39, 0.29) is 24.8 Å². The zero-order valence-electron chi connectivity index (χ0n) is 15.6. The largest absolute Gasteiger partial charge is 0.396 e. The number of piperazine rings is 1. The normalized spacial score (nSPS) is 17.0. The molecule has 1 atom stereocenters. The molecule has 2 heterocycles. The third-order valence-corrected chi connectivity index (χ3v) is 5.21. The van der Waals surface area contributed by atoms with Gasteiger partial charge in [-0.1, -0.05) is 18.2 Å². The fourth-order valence-corrected chi connectivity index (χ4v) is 3.68. The molecular weight excluding hydrogens is 356 g/mol. The number of benzene rings is 2. The molecule has 2 N–H and O–H groups in total. The van der Waals surface area contributed by atoms with Gasteiger partial charge in [-0.3, -0.25) is 14.3 Å². The van der Waals surface area contributed by atoms with Gasteiger partial charge in [-0.05, 0) is 41.8 Å². The van der Waals surface area contributed by atoms with Crippen molar-refractivity contribution in [2.75, 3.05) is 19.7 Å². The first-order chi connectivity index (χ1) is 13.6. The summed E-state index contributed by atoms with van der Waals surface area (Å²) in [5.41, 5.74) is 3.65. The molecule has 0 unspecified atom stereocenters. The summed E-state index contributed by atoms with van der Waals surface area (Å²) in [6.07, 6.45) is 2.07. The van der Waals surface area contributed by atoms with E-state index in [1.807, 2.05) is 42.2 Å². The van der Waals surface area contributed by atoms with Crippen molar-refractivity contribution in [3.05, 3.63) is 54.2 Å². The van der Waals surface area contributed by atoms with Gasteiger partial charge in [-0.25, -0.2) is 0 Å². The van der Waals surface area contributed by atoms with Gasteiger partial charge in [-0.15, -0.1) is 0 Å². The van der Waals surface area contributed by atoms with Crippen LogP contribution in [0.4, 0.5) is 0 Å². The number of carbonyl (C=O) groups is 2. The van der Waals surface area contributed by atoms with Crippen molar-refractivity contribution in [2.45, 2.75) is 12.5 Å². The molecule has 1 aliphatic heterocycles. The minimum absolute atomic E-state index is 0.141. The van der Waals surface area contributed by atoms with Crippen LogP contribution >= 0.6 is 0 Å². The number of hydrogen-bond donors (Lipinski definition) is 2. The van der Waals surface area contributed by atoms with Gasteiger partial charge < -0.3 is 15.3 Å². The minimum Gasteiger partial charge on any atom is -0.396 e. The number of nitrogens with zero attached hydrogens (tertiary/aromatic N) is 3. The van der Waals surface area contributed by atoms with E-state index in [0.717, 1.165) is 22.0 Å². The monoisotopic (exact) mass is 378 g/mol. The smallest absolute Gasteiger partial charge is 0.254 e. The van der Waals surface area contributed by atoms with Crippen molar-refractivity contribution in [2.24, 2.45) is 7.05 Å². The molecule has 0 aliphatic carbocycles. The number of nitrogens with one attached hydrogen (secondary N) is 1. The lowest BCUT2D eigenvalue weighted by molar-refractivity contribution is -0.128. The van der Waals surface area contributed by atoms with Crippen LogP contribution < -0.4 is 5.32 Å². The zero-order chi connectivity index (χ0) is 19.7. The summed E-state index contributed by atoms with van der Waals surface area (Å²) in [5, 5.41) is 17.3. The molecule has 3 aromatic rings. The molecule has 4 rings (SSSR count). The lowest BCUT2D eigenvalue weighted by atomic mass is 10.0. The van der Waals surface area contributed by atoms with Crippen LogP contribution in [0.5, 0.6) is 0 Å². The Kier molecular flexibility index (Phi) is 4.83. The van der Waals surface area contributed by atoms with Crippen LogP contribution in [0, 0.1) is 0 Å². The van der Waals surface area contributed by atoms with Gasteiger partial charge in [0.2, 0.25) is 5.91 Å². The van der Waals surface area contributed by atoms with E-state index >= 15 is 0 Å². The van der Waals surface area contributed by atoms with Crippen molar-refractivity contribution in [3.63, 3.8) is 0 Å². The van der Waals surface area contributed by atoms with Crippen molar-refractivity contribution in [3.8, 4) is 11.1 Å². The molecule has 0 radical (unpaired) electrons. The Morgan fingerprint density at radius 3 is 2.71 bits per heavy atom. The van der Waals surface area contributed by atoms with E-state index in [1.54, 1.807) is 17.0 Å². The van der Waals surface area contributed by atoms with Crippen molar-refractivity contribution < 1.29 is 14.7 Å². The Bertz CT molecular complexity index is 1030. The second-order valence-corrected chi connectivity index (χ2v) is 6.94. The van der Waals surface area contributed by atoms with Gasteiger partial charge in [0.25, 0.3) is 5.91 Å². The summed E-state index contributed by atoms with van der Waals surface area (Å²) in [5.74, 6) is -0.405. The van der Waals surface area contributed by atoms with E-state index in [0.29, 0.717) is 18.7 Å². The molecule has 1 saturated heterocycles. The summed E-state index contributed by atoms with van der Waals surface area (Å²) in [7, 11) is 1.91. The number of fused-ring (bicyclic) bond motifs is 1. The summed E-state index contributed by atoms with van der Waals surface area (Å²) in [6, 6.07) is 12.9. The average Bonchev–Trinajstić information content (AvgIpc) is 3.09. The maximum atomic E-state index is 12.9. The number of aryl methyl sites for hydroxylation is 1. The van der Waals surface area contributed by atoms with Gasteiger partial charge >= 0.3 is 0 Å². The standard InChI is InChI=1S/C21H22N4O3/c1-24-18-7-6-16(12-17(18)13-23-24)14-2-4-15(5-3-14)21(28)25-10-9-22-20(27)19(25)8-11-26/h2-7,12-13,19,26H,8-11H2,1H3,(H,22,27)/t19-/m1/s1. The maximum absolute atomic E-state index is 12.9. The van der Waals surface area contributed by atoms with Gasteiger partial charge in [0, 0.05) is 37.7 Å². The molecule has 144 valence electrons. The quantitative estimate of drug-likeness (QED) is 0.721. The number of amides is 2. The topological polar surface area (TPSA) is 87.5 Å². The Morgan fingerprint density at radius 1 is 1.21 bits per heavy atom. The highest BCUT2D eigenvalue weighted by molar-refractivity contribution is 5.98. The molecule has 7 nitrogen and oxygen atoms in total. The fourth-order valence-electron chi connectivity index (χ4n) is 3.68. The first-order valence-corrected chi connectivity index (χ1v) is 9.30. The number of aliphatic hydroxyl groups excluding tert-OH is 1. The highest BCUT2D eigenvalue weighted by atomic mass is 16.3. The predicted octanol–water partition coefficient (Wildman–Crippen LogP) is 1.56. The first-order valence-electron chi connectivity index (χ1n) is 9.30. The van der Waals surface area contributed by atoms with Crippen LogP contribution in [0.25, 0.3) is 22.0 Å². The van der Waals surface area contributed by atoms with Crippen LogP contribution in [-0.2, 0) is 11.8 Å². The summed E-state index contributed by atoms with van der Waals surface area (Å²) in [6.45, 7) is 0.724. The van der Waals surface area contributed by atoms with Gasteiger partial charge in [-0.2, -0.15) is 5.10 Å². The third-order valence-electron chi connectivity index (χ3n) is 5.21. The van der Waals surface area contributed by atoms with E-state index in [2.05, 4.69) is 16.5 Å². The first kappa shape index (κ1) is 18.2. The van der Waals surface area contributed by atoms with E-state index in [9.17, 15) is 14.7 Å². The van der Waals surface area contributed by atoms with Crippen LogP contribution in [0.2, 0.25) is 0 Å². The van der Waals surface area contributed by atoms with Crippen LogP contribution in [0.15, 0.2) is 48.7 Å². The highest BCUT2D eigenvalue weighted by Gasteiger charge is 2.32. The predicted molar refractivity (Wildman–Crippen MR) is 106 cm³/mol. The second kappa shape index (κ2) is 7.44. The lowest BCUT2D eigenvalue weighted by Crippen LogP contribution is -2.57. The minimum atomic E-state index is -0.626. The van der Waals surface area contributed by atoms with Gasteiger partial charge in [0.15, 0.2) is 0 Å². The third kappa shape index (κ3) is 3.25. The SMILES string of the molecule is Cn1ncc2cc(-c3ccc(C(=O)N4CCNC(=O)[C@H]4CCO)cc3)ccc21. The fraction of sp³-hybridized carbons (Fsp3) is 0.286. The van der Waals surface area contributed by atoms with Crippen molar-refractivity contribution in [1.82, 2.24) is 20.0 Å².